The van der Waals surface area contributed by atoms with Gasteiger partial charge in [0.1, 0.15) is 11.4 Å². The molecule has 3 aromatic rings. The molecule has 0 radical (unpaired) electrons. The Morgan fingerprint density at radius 1 is 1.09 bits per heavy atom. The van der Waals surface area contributed by atoms with E-state index >= 15 is 0 Å². The second-order valence-corrected chi connectivity index (χ2v) is 9.74. The zero-order valence-corrected chi connectivity index (χ0v) is 19.3. The molecule has 8 heteroatoms. The predicted octanol–water partition coefficient (Wildman–Crippen LogP) is 4.59. The van der Waals surface area contributed by atoms with Crippen LogP contribution in [0.1, 0.15) is 35.9 Å². The second kappa shape index (κ2) is 9.56. The Morgan fingerprint density at radius 2 is 1.82 bits per heavy atom. The van der Waals surface area contributed by atoms with Crippen LogP contribution in [0.15, 0.2) is 70.1 Å². The summed E-state index contributed by atoms with van der Waals surface area (Å²) < 4.78 is 32.9. The van der Waals surface area contributed by atoms with Crippen molar-refractivity contribution in [3.8, 4) is 0 Å². The Morgan fingerprint density at radius 3 is 2.45 bits per heavy atom. The summed E-state index contributed by atoms with van der Waals surface area (Å²) >= 11 is 0. The molecule has 1 N–H and O–H groups in total. The van der Waals surface area contributed by atoms with Crippen LogP contribution in [0.2, 0.25) is 0 Å². The molecular weight excluding hydrogens is 438 g/mol. The minimum atomic E-state index is -3.58. The van der Waals surface area contributed by atoms with E-state index in [-0.39, 0.29) is 10.8 Å². The van der Waals surface area contributed by atoms with Crippen LogP contribution in [0, 0.1) is 6.92 Å². The number of amides is 1. The molecular formula is C25H25N3O4S. The minimum absolute atomic E-state index is 0.214. The zero-order valence-electron chi connectivity index (χ0n) is 18.5. The first-order valence-corrected chi connectivity index (χ1v) is 12.1. The average Bonchev–Trinajstić information content (AvgIpc) is 3.17. The van der Waals surface area contributed by atoms with Crippen molar-refractivity contribution in [1.82, 2.24) is 9.46 Å². The van der Waals surface area contributed by atoms with Crippen LogP contribution in [0.25, 0.3) is 17.7 Å². The van der Waals surface area contributed by atoms with E-state index < -0.39 is 10.0 Å². The van der Waals surface area contributed by atoms with Gasteiger partial charge in [-0.3, -0.25) is 4.79 Å². The van der Waals surface area contributed by atoms with Gasteiger partial charge in [-0.25, -0.2) is 8.42 Å². The van der Waals surface area contributed by atoms with Gasteiger partial charge in [0.2, 0.25) is 15.9 Å². The van der Waals surface area contributed by atoms with Crippen molar-refractivity contribution in [2.75, 3.05) is 18.4 Å². The van der Waals surface area contributed by atoms with Crippen LogP contribution in [0.5, 0.6) is 0 Å². The van der Waals surface area contributed by atoms with Gasteiger partial charge in [0, 0.05) is 20.0 Å². The Balaban J connectivity index is 1.46. The monoisotopic (exact) mass is 463 g/mol. The van der Waals surface area contributed by atoms with Crippen LogP contribution >= 0.6 is 0 Å². The minimum Gasteiger partial charge on any atom is -0.354 e. The first-order valence-electron chi connectivity index (χ1n) is 10.6. The molecule has 1 amide bonds. The topological polar surface area (TPSA) is 92.5 Å². The summed E-state index contributed by atoms with van der Waals surface area (Å²) in [6, 6.07) is 16.7. The lowest BCUT2D eigenvalue weighted by molar-refractivity contribution is -0.114. The van der Waals surface area contributed by atoms with E-state index in [1.165, 1.54) is 16.8 Å². The molecule has 2 heterocycles. The zero-order chi connectivity index (χ0) is 23.4. The Hall–Kier alpha value is -3.49. The van der Waals surface area contributed by atoms with E-state index in [1.807, 2.05) is 36.4 Å². The molecule has 0 fully saturated rings. The molecule has 2 aromatic carbocycles. The fraction of sp³-hybridized carbons (Fsp3) is 0.200. The smallest absolute Gasteiger partial charge is 0.243 e. The SMILES string of the molecule is CC(=O)Nc1c(C)noc1/C=C\c1ccc(S(=O)(=O)N2CC=C(c3ccccc3)CC2)cc1. The Labute approximate surface area is 193 Å². The molecule has 1 aliphatic rings. The Bertz CT molecular complexity index is 1310. The van der Waals surface area contributed by atoms with Crippen molar-refractivity contribution in [3.63, 3.8) is 0 Å². The molecule has 0 aliphatic carbocycles. The van der Waals surface area contributed by atoms with E-state index in [1.54, 1.807) is 43.3 Å². The van der Waals surface area contributed by atoms with E-state index in [0.29, 0.717) is 36.7 Å². The van der Waals surface area contributed by atoms with E-state index in [2.05, 4.69) is 10.5 Å². The summed E-state index contributed by atoms with van der Waals surface area (Å²) in [5, 5.41) is 6.58. The van der Waals surface area contributed by atoms with Crippen molar-refractivity contribution in [2.24, 2.45) is 0 Å². The number of aromatic nitrogens is 1. The van der Waals surface area contributed by atoms with Crippen LogP contribution in [-0.4, -0.2) is 36.9 Å². The summed E-state index contributed by atoms with van der Waals surface area (Å²) in [6.45, 7) is 3.95. The highest BCUT2D eigenvalue weighted by atomic mass is 32.2. The number of rotatable bonds is 6. The van der Waals surface area contributed by atoms with Gasteiger partial charge in [-0.2, -0.15) is 4.31 Å². The lowest BCUT2D eigenvalue weighted by atomic mass is 10.0. The van der Waals surface area contributed by atoms with Gasteiger partial charge >= 0.3 is 0 Å². The first-order chi connectivity index (χ1) is 15.8. The molecule has 0 spiro atoms. The van der Waals surface area contributed by atoms with Gasteiger partial charge in [0.05, 0.1) is 4.90 Å². The number of nitrogens with one attached hydrogen (secondary N) is 1. The third-order valence-electron chi connectivity index (χ3n) is 5.45. The molecule has 7 nitrogen and oxygen atoms in total. The van der Waals surface area contributed by atoms with Gasteiger partial charge in [-0.1, -0.05) is 59.8 Å². The average molecular weight is 464 g/mol. The largest absolute Gasteiger partial charge is 0.354 e. The summed E-state index contributed by atoms with van der Waals surface area (Å²) in [5.74, 6) is 0.211. The molecule has 1 aliphatic heterocycles. The fourth-order valence-corrected chi connectivity index (χ4v) is 5.06. The molecule has 0 bridgehead atoms. The highest BCUT2D eigenvalue weighted by Crippen LogP contribution is 2.27. The number of anilines is 1. The van der Waals surface area contributed by atoms with Crippen molar-refractivity contribution in [2.45, 2.75) is 25.2 Å². The molecule has 0 saturated carbocycles. The molecule has 33 heavy (non-hydrogen) atoms. The lowest BCUT2D eigenvalue weighted by Crippen LogP contribution is -2.34. The number of carbonyl (C=O) groups excluding carboxylic acids is 1. The maximum absolute atomic E-state index is 13.1. The van der Waals surface area contributed by atoms with E-state index in [9.17, 15) is 13.2 Å². The van der Waals surface area contributed by atoms with Crippen molar-refractivity contribution < 1.29 is 17.7 Å². The highest BCUT2D eigenvalue weighted by molar-refractivity contribution is 7.89. The number of hydrogen-bond donors (Lipinski definition) is 1. The van der Waals surface area contributed by atoms with Gasteiger partial charge in [0.25, 0.3) is 0 Å². The summed E-state index contributed by atoms with van der Waals surface area (Å²) in [7, 11) is -3.58. The van der Waals surface area contributed by atoms with Gasteiger partial charge in [-0.05, 0) is 48.3 Å². The Kier molecular flexibility index (Phi) is 6.57. The van der Waals surface area contributed by atoms with Crippen molar-refractivity contribution >= 4 is 39.3 Å². The molecule has 0 unspecified atom stereocenters. The highest BCUT2D eigenvalue weighted by Gasteiger charge is 2.26. The van der Waals surface area contributed by atoms with Gasteiger partial charge in [-0.15, -0.1) is 0 Å². The predicted molar refractivity (Wildman–Crippen MR) is 129 cm³/mol. The summed E-state index contributed by atoms with van der Waals surface area (Å²) in [5.41, 5.74) is 4.20. The molecule has 170 valence electrons. The first kappa shape index (κ1) is 22.7. The molecule has 1 aromatic heterocycles. The summed E-state index contributed by atoms with van der Waals surface area (Å²) in [6.07, 6.45) is 6.13. The fourth-order valence-electron chi connectivity index (χ4n) is 3.68. The third-order valence-corrected chi connectivity index (χ3v) is 7.33. The van der Waals surface area contributed by atoms with E-state index in [4.69, 9.17) is 4.52 Å². The molecule has 0 saturated heterocycles. The number of sulfonamides is 1. The summed E-state index contributed by atoms with van der Waals surface area (Å²) in [4.78, 5) is 11.6. The number of benzene rings is 2. The van der Waals surface area contributed by atoms with Crippen LogP contribution in [-0.2, 0) is 14.8 Å². The van der Waals surface area contributed by atoms with E-state index in [0.717, 1.165) is 11.1 Å². The number of carbonyl (C=O) groups is 1. The standard InChI is InChI=1S/C25H25N3O4S/c1-18-25(26-19(2)29)24(32-27-18)13-10-20-8-11-23(12-9-20)33(30,31)28-16-14-22(15-17-28)21-6-4-3-5-7-21/h3-14H,15-17H2,1-2H3,(H,26,29)/b13-10-. The second-order valence-electron chi connectivity index (χ2n) is 7.80. The van der Waals surface area contributed by atoms with Crippen LogP contribution < -0.4 is 5.32 Å². The normalized spacial score (nSPS) is 14.9. The van der Waals surface area contributed by atoms with Crippen molar-refractivity contribution in [1.29, 1.82) is 0 Å². The maximum atomic E-state index is 13.1. The third kappa shape index (κ3) is 5.13. The quantitative estimate of drug-likeness (QED) is 0.577. The molecule has 4 rings (SSSR count). The number of nitrogens with zero attached hydrogens (tertiary/aromatic N) is 2. The van der Waals surface area contributed by atoms with Crippen molar-refractivity contribution in [3.05, 3.63) is 83.3 Å². The number of aryl methyl sites for hydroxylation is 1. The number of hydrogen-bond acceptors (Lipinski definition) is 5. The van der Waals surface area contributed by atoms with Gasteiger partial charge < -0.3 is 9.84 Å². The maximum Gasteiger partial charge on any atom is 0.243 e. The van der Waals surface area contributed by atoms with Crippen LogP contribution in [0.3, 0.4) is 0 Å². The molecule has 0 atom stereocenters. The lowest BCUT2D eigenvalue weighted by Gasteiger charge is -2.26. The van der Waals surface area contributed by atoms with Crippen LogP contribution in [0.4, 0.5) is 5.69 Å². The van der Waals surface area contributed by atoms with Gasteiger partial charge in [0.15, 0.2) is 5.76 Å².